The molecule has 0 fully saturated rings. The highest BCUT2D eigenvalue weighted by molar-refractivity contribution is 9.11. The third-order valence-electron chi connectivity index (χ3n) is 6.56. The summed E-state index contributed by atoms with van der Waals surface area (Å²) in [6.45, 7) is 10.1. The van der Waals surface area contributed by atoms with Crippen molar-refractivity contribution in [2.75, 3.05) is 31.5 Å². The molecule has 0 saturated heterocycles. The average molecular weight is 523 g/mol. The van der Waals surface area contributed by atoms with Crippen LogP contribution in [-0.4, -0.2) is 43.4 Å². The number of rotatable bonds is 9. The monoisotopic (exact) mass is 521 g/mol. The molecule has 1 aromatic rings. The third-order valence-corrected chi connectivity index (χ3v) is 8.26. The molecule has 32 heavy (non-hydrogen) atoms. The van der Waals surface area contributed by atoms with Gasteiger partial charge in [-0.05, 0) is 79.6 Å². The van der Waals surface area contributed by atoms with Crippen LogP contribution in [0.5, 0.6) is 0 Å². The van der Waals surface area contributed by atoms with E-state index in [9.17, 15) is 9.59 Å². The summed E-state index contributed by atoms with van der Waals surface area (Å²) in [7, 11) is 0. The van der Waals surface area contributed by atoms with Crippen molar-refractivity contribution in [2.24, 2.45) is 0 Å². The van der Waals surface area contributed by atoms with Crippen molar-refractivity contribution in [2.45, 2.75) is 72.1 Å². The van der Waals surface area contributed by atoms with Gasteiger partial charge in [-0.15, -0.1) is 11.3 Å². The molecule has 0 atom stereocenters. The van der Waals surface area contributed by atoms with Crippen LogP contribution in [0.3, 0.4) is 0 Å². The van der Waals surface area contributed by atoms with Crippen LogP contribution in [0.25, 0.3) is 0 Å². The Bertz CT molecular complexity index is 899. The molecule has 0 unspecified atom stereocenters. The lowest BCUT2D eigenvalue weighted by atomic mass is 9.90. The summed E-state index contributed by atoms with van der Waals surface area (Å²) in [5, 5.41) is 6.69. The summed E-state index contributed by atoms with van der Waals surface area (Å²) in [5.74, 6) is 0. The number of nitrogens with zero attached hydrogens (tertiary/aromatic N) is 1. The van der Waals surface area contributed by atoms with E-state index in [1.165, 1.54) is 34.4 Å². The molecule has 1 aliphatic heterocycles. The van der Waals surface area contributed by atoms with Gasteiger partial charge in [0.25, 0.3) is 0 Å². The molecule has 0 spiro atoms. The number of likely N-dealkylation sites (N-methyl/N-ethyl adjacent to an activating group) is 1. The number of halogens is 1. The summed E-state index contributed by atoms with van der Waals surface area (Å²) in [4.78, 5) is 28.2. The van der Waals surface area contributed by atoms with E-state index in [1.807, 2.05) is 0 Å². The maximum Gasteiger partial charge on any atom is 0.320 e. The van der Waals surface area contributed by atoms with Crippen molar-refractivity contribution in [3.63, 3.8) is 0 Å². The third kappa shape index (κ3) is 6.12. The fourth-order valence-corrected chi connectivity index (χ4v) is 6.34. The molecule has 0 bridgehead atoms. The second-order valence-electron chi connectivity index (χ2n) is 8.70. The summed E-state index contributed by atoms with van der Waals surface area (Å²) >= 11 is 5.25. The quantitative estimate of drug-likeness (QED) is 0.367. The van der Waals surface area contributed by atoms with Gasteiger partial charge in [-0.3, -0.25) is 15.0 Å². The van der Waals surface area contributed by atoms with E-state index in [-0.39, 0.29) is 6.03 Å². The van der Waals surface area contributed by atoms with Crippen molar-refractivity contribution in [3.05, 3.63) is 37.2 Å². The Kier molecular flexibility index (Phi) is 9.56. The van der Waals surface area contributed by atoms with Gasteiger partial charge in [-0.25, -0.2) is 4.79 Å². The fourth-order valence-electron chi connectivity index (χ4n) is 4.71. The van der Waals surface area contributed by atoms with E-state index < -0.39 is 0 Å². The van der Waals surface area contributed by atoms with Gasteiger partial charge < -0.3 is 5.32 Å². The van der Waals surface area contributed by atoms with Crippen LogP contribution >= 0.6 is 27.3 Å². The molecule has 3 rings (SSSR count). The number of allylic oxidation sites excluding steroid dienone is 1. The molecule has 0 radical (unpaired) electrons. The normalized spacial score (nSPS) is 17.6. The highest BCUT2D eigenvalue weighted by atomic mass is 79.9. The molecule has 1 aliphatic carbocycles. The van der Waals surface area contributed by atoms with Gasteiger partial charge in [-0.1, -0.05) is 41.8 Å². The molecule has 5 nitrogen and oxygen atoms in total. The van der Waals surface area contributed by atoms with Gasteiger partial charge in [0.05, 0.1) is 5.56 Å². The van der Waals surface area contributed by atoms with E-state index in [0.717, 1.165) is 74.5 Å². The number of carbonyl (C=O) groups is 2. The van der Waals surface area contributed by atoms with Crippen LogP contribution < -0.4 is 10.6 Å². The van der Waals surface area contributed by atoms with Gasteiger partial charge in [0, 0.05) is 24.5 Å². The number of anilines is 1. The zero-order chi connectivity index (χ0) is 23.1. The van der Waals surface area contributed by atoms with Crippen molar-refractivity contribution < 1.29 is 9.59 Å². The van der Waals surface area contributed by atoms with Gasteiger partial charge in [-0.2, -0.15) is 0 Å². The molecule has 2 heterocycles. The average Bonchev–Trinajstić information content (AvgIpc) is 3.14. The topological polar surface area (TPSA) is 61.4 Å². The number of aldehydes is 1. The van der Waals surface area contributed by atoms with Crippen LogP contribution in [0, 0.1) is 0 Å². The molecular formula is C25H36BrN3O2S. The first-order valence-corrected chi connectivity index (χ1v) is 13.5. The first-order chi connectivity index (χ1) is 15.5. The highest BCUT2D eigenvalue weighted by Crippen LogP contribution is 2.37. The minimum Gasteiger partial charge on any atom is -0.334 e. The number of fused-ring (bicyclic) bond motifs is 1. The number of aryl methyl sites for hydroxylation is 1. The molecule has 2 N–H and O–H groups in total. The number of nitrogens with one attached hydrogen (secondary N) is 2. The first kappa shape index (κ1) is 25.2. The van der Waals surface area contributed by atoms with Crippen molar-refractivity contribution >= 4 is 44.6 Å². The Hall–Kier alpha value is -1.44. The summed E-state index contributed by atoms with van der Waals surface area (Å²) in [6.07, 6.45) is 9.60. The van der Waals surface area contributed by atoms with Gasteiger partial charge in [0.1, 0.15) is 5.00 Å². The van der Waals surface area contributed by atoms with E-state index >= 15 is 0 Å². The van der Waals surface area contributed by atoms with Crippen LogP contribution in [0.1, 0.15) is 80.1 Å². The van der Waals surface area contributed by atoms with E-state index in [4.69, 9.17) is 0 Å². The Balaban J connectivity index is 1.71. The van der Waals surface area contributed by atoms with E-state index in [0.29, 0.717) is 17.1 Å². The Morgan fingerprint density at radius 1 is 1.22 bits per heavy atom. The fraction of sp³-hybridized carbons (Fsp3) is 0.600. The molecule has 1 aromatic heterocycles. The number of unbranched alkanes of at least 4 members (excludes halogenated alkanes) is 1. The standard InChI is InChI=1S/C25H36BrN3O2S/c1-4-6-9-18-15-29(5-2)13-12-19(18)21(17(3)26)14-27-25(31)28-24-22(16-30)20-10-7-8-11-23(20)32-24/h16H,4-15H2,1-3H3,(H2,27,28,31)/b21-17+. The van der Waals surface area contributed by atoms with Crippen molar-refractivity contribution in [3.8, 4) is 0 Å². The molecule has 176 valence electrons. The Morgan fingerprint density at radius 3 is 2.69 bits per heavy atom. The zero-order valence-corrected chi connectivity index (χ0v) is 22.0. The second kappa shape index (κ2) is 12.1. The lowest BCUT2D eigenvalue weighted by Crippen LogP contribution is -2.35. The van der Waals surface area contributed by atoms with Crippen LogP contribution in [0.2, 0.25) is 0 Å². The summed E-state index contributed by atoms with van der Waals surface area (Å²) in [6, 6.07) is -0.250. The van der Waals surface area contributed by atoms with E-state index in [2.05, 4.69) is 52.2 Å². The van der Waals surface area contributed by atoms with Crippen LogP contribution in [0.15, 0.2) is 21.2 Å². The van der Waals surface area contributed by atoms with E-state index in [1.54, 1.807) is 11.3 Å². The number of thiophene rings is 1. The maximum atomic E-state index is 12.8. The van der Waals surface area contributed by atoms with Gasteiger partial charge >= 0.3 is 6.03 Å². The molecule has 2 amide bonds. The molecule has 7 heteroatoms. The number of urea groups is 1. The number of carbonyl (C=O) groups excluding carboxylic acids is 2. The zero-order valence-electron chi connectivity index (χ0n) is 19.6. The first-order valence-electron chi connectivity index (χ1n) is 11.9. The molecular weight excluding hydrogens is 486 g/mol. The molecule has 2 aliphatic rings. The Labute approximate surface area is 204 Å². The maximum absolute atomic E-state index is 12.8. The highest BCUT2D eigenvalue weighted by Gasteiger charge is 2.23. The SMILES string of the molecule is CCCCC1=C(/C(CNC(=O)Nc2sc3c(c2C=O)CCCC3)=C(\C)Br)CCN(CC)C1. The minimum absolute atomic E-state index is 0.250. The number of hydrogen-bond donors (Lipinski definition) is 2. The smallest absolute Gasteiger partial charge is 0.320 e. The number of amides is 2. The summed E-state index contributed by atoms with van der Waals surface area (Å²) < 4.78 is 1.08. The molecule has 0 aromatic carbocycles. The van der Waals surface area contributed by atoms with Crippen molar-refractivity contribution in [1.82, 2.24) is 10.2 Å². The minimum atomic E-state index is -0.250. The Morgan fingerprint density at radius 2 is 2.00 bits per heavy atom. The predicted molar refractivity (Wildman–Crippen MR) is 138 cm³/mol. The predicted octanol–water partition coefficient (Wildman–Crippen LogP) is 6.44. The molecule has 0 saturated carbocycles. The summed E-state index contributed by atoms with van der Waals surface area (Å²) in [5.41, 5.74) is 5.90. The second-order valence-corrected chi connectivity index (χ2v) is 11.0. The lowest BCUT2D eigenvalue weighted by Gasteiger charge is -2.31. The number of hydrogen-bond acceptors (Lipinski definition) is 4. The lowest BCUT2D eigenvalue weighted by molar-refractivity contribution is 0.112. The van der Waals surface area contributed by atoms with Crippen LogP contribution in [-0.2, 0) is 12.8 Å². The largest absolute Gasteiger partial charge is 0.334 e. The van der Waals surface area contributed by atoms with Gasteiger partial charge in [0.2, 0.25) is 0 Å². The van der Waals surface area contributed by atoms with Crippen molar-refractivity contribution in [1.29, 1.82) is 0 Å². The van der Waals surface area contributed by atoms with Crippen LogP contribution in [0.4, 0.5) is 9.80 Å². The van der Waals surface area contributed by atoms with Gasteiger partial charge in [0.15, 0.2) is 6.29 Å².